The van der Waals surface area contributed by atoms with Crippen LogP contribution in [0.5, 0.6) is 5.75 Å². The topological polar surface area (TPSA) is 38.5 Å². The Morgan fingerprint density at radius 3 is 2.89 bits per heavy atom. The van der Waals surface area contributed by atoms with Gasteiger partial charge in [0.05, 0.1) is 0 Å². The Labute approximate surface area is 109 Å². The third-order valence-electron chi connectivity index (χ3n) is 4.46. The van der Waals surface area contributed by atoms with Gasteiger partial charge >= 0.3 is 0 Å². The number of hydrogen-bond acceptors (Lipinski definition) is 3. The minimum atomic E-state index is 0.222. The molecule has 3 heteroatoms. The largest absolute Gasteiger partial charge is 0.492 e. The molecule has 0 atom stereocenters. The van der Waals surface area contributed by atoms with Crippen LogP contribution in [0.25, 0.3) is 0 Å². The number of fused-ring (bicyclic) bond motifs is 1. The highest BCUT2D eigenvalue weighted by atomic mass is 16.5. The van der Waals surface area contributed by atoms with Gasteiger partial charge in [-0.25, -0.2) is 0 Å². The van der Waals surface area contributed by atoms with Crippen LogP contribution in [-0.4, -0.2) is 30.1 Å². The summed E-state index contributed by atoms with van der Waals surface area (Å²) in [5.41, 5.74) is 7.57. The van der Waals surface area contributed by atoms with Gasteiger partial charge in [-0.1, -0.05) is 25.1 Å². The maximum atomic E-state index is 6.05. The Balaban J connectivity index is 1.83. The summed E-state index contributed by atoms with van der Waals surface area (Å²) in [5.74, 6) is 1.85. The Hall–Kier alpha value is -1.06. The lowest BCUT2D eigenvalue weighted by Crippen LogP contribution is -2.61. The fourth-order valence-electron chi connectivity index (χ4n) is 3.52. The van der Waals surface area contributed by atoms with E-state index >= 15 is 0 Å². The van der Waals surface area contributed by atoms with Crippen molar-refractivity contribution < 1.29 is 4.74 Å². The molecule has 1 aromatic carbocycles. The minimum Gasteiger partial charge on any atom is -0.492 e. The van der Waals surface area contributed by atoms with Crippen molar-refractivity contribution in [1.29, 1.82) is 0 Å². The average molecular weight is 246 g/mol. The molecule has 0 spiro atoms. The molecular formula is C15H22N2O. The van der Waals surface area contributed by atoms with Gasteiger partial charge in [0.1, 0.15) is 12.4 Å². The molecule has 0 saturated heterocycles. The second kappa shape index (κ2) is 4.56. The smallest absolute Gasteiger partial charge is 0.123 e. The summed E-state index contributed by atoms with van der Waals surface area (Å²) in [7, 11) is 0. The van der Waals surface area contributed by atoms with Gasteiger partial charge in [0.15, 0.2) is 0 Å². The fourth-order valence-corrected chi connectivity index (χ4v) is 3.52. The zero-order chi connectivity index (χ0) is 12.6. The lowest BCUT2D eigenvalue weighted by atomic mass is 9.68. The van der Waals surface area contributed by atoms with E-state index in [9.17, 15) is 0 Å². The van der Waals surface area contributed by atoms with Gasteiger partial charge in [-0.3, -0.25) is 4.90 Å². The van der Waals surface area contributed by atoms with E-state index in [1.165, 1.54) is 18.4 Å². The van der Waals surface area contributed by atoms with Gasteiger partial charge in [0.2, 0.25) is 0 Å². The molecular weight excluding hydrogens is 224 g/mol. The van der Waals surface area contributed by atoms with Crippen molar-refractivity contribution in [3.8, 4) is 5.75 Å². The van der Waals surface area contributed by atoms with E-state index in [0.29, 0.717) is 0 Å². The summed E-state index contributed by atoms with van der Waals surface area (Å²) in [6.45, 7) is 5.81. The molecule has 3 nitrogen and oxygen atoms in total. The number of hydrogen-bond donors (Lipinski definition) is 1. The Morgan fingerprint density at radius 1 is 1.39 bits per heavy atom. The van der Waals surface area contributed by atoms with Gasteiger partial charge in [-0.15, -0.1) is 0 Å². The maximum absolute atomic E-state index is 6.05. The van der Waals surface area contributed by atoms with Crippen LogP contribution in [0, 0.1) is 5.92 Å². The third-order valence-corrected chi connectivity index (χ3v) is 4.46. The highest BCUT2D eigenvalue weighted by molar-refractivity contribution is 5.34. The molecule has 1 heterocycles. The number of rotatable bonds is 2. The Kier molecular flexibility index (Phi) is 3.04. The number of ether oxygens (including phenoxy) is 1. The van der Waals surface area contributed by atoms with E-state index < -0.39 is 0 Å². The first-order valence-electron chi connectivity index (χ1n) is 6.89. The van der Waals surface area contributed by atoms with Gasteiger partial charge in [0, 0.05) is 30.7 Å². The van der Waals surface area contributed by atoms with E-state index in [-0.39, 0.29) is 5.54 Å². The quantitative estimate of drug-likeness (QED) is 0.867. The van der Waals surface area contributed by atoms with Crippen LogP contribution in [0.15, 0.2) is 24.3 Å². The number of nitrogens with zero attached hydrogens (tertiary/aromatic N) is 1. The van der Waals surface area contributed by atoms with E-state index in [1.807, 2.05) is 6.07 Å². The van der Waals surface area contributed by atoms with Gasteiger partial charge in [0.25, 0.3) is 0 Å². The molecule has 1 aromatic rings. The van der Waals surface area contributed by atoms with Crippen molar-refractivity contribution in [2.45, 2.75) is 31.8 Å². The number of nitrogens with two attached hydrogens (primary N) is 1. The predicted molar refractivity (Wildman–Crippen MR) is 72.5 cm³/mol. The van der Waals surface area contributed by atoms with Gasteiger partial charge in [-0.2, -0.15) is 0 Å². The molecule has 0 aromatic heterocycles. The first-order valence-corrected chi connectivity index (χ1v) is 6.89. The molecule has 1 saturated carbocycles. The standard InChI is InChI=1S/C15H22N2O/c1-12-8-15(9-12,11-16)17-6-7-18-14-5-3-2-4-13(14)10-17/h2-5,12H,6-11,16H2,1H3. The zero-order valence-corrected chi connectivity index (χ0v) is 11.1. The molecule has 1 aliphatic heterocycles. The normalized spacial score (nSPS) is 32.0. The van der Waals surface area contributed by atoms with Crippen LogP contribution in [0.3, 0.4) is 0 Å². The zero-order valence-electron chi connectivity index (χ0n) is 11.1. The molecule has 1 aliphatic carbocycles. The first-order chi connectivity index (χ1) is 8.73. The van der Waals surface area contributed by atoms with Crippen molar-refractivity contribution in [1.82, 2.24) is 4.90 Å². The van der Waals surface area contributed by atoms with E-state index in [2.05, 4.69) is 30.0 Å². The first kappa shape index (κ1) is 12.0. The molecule has 0 amide bonds. The molecule has 0 bridgehead atoms. The SMILES string of the molecule is CC1CC(CN)(N2CCOc3ccccc3C2)C1. The van der Waals surface area contributed by atoms with Crippen LogP contribution in [0.4, 0.5) is 0 Å². The number of benzene rings is 1. The highest BCUT2D eigenvalue weighted by Crippen LogP contribution is 2.43. The molecule has 3 rings (SSSR count). The summed E-state index contributed by atoms with van der Waals surface area (Å²) in [6.07, 6.45) is 2.46. The highest BCUT2D eigenvalue weighted by Gasteiger charge is 2.45. The fraction of sp³-hybridized carbons (Fsp3) is 0.600. The van der Waals surface area contributed by atoms with Gasteiger partial charge in [-0.05, 0) is 24.8 Å². The number of para-hydroxylation sites is 1. The molecule has 1 fully saturated rings. The monoisotopic (exact) mass is 246 g/mol. The summed E-state index contributed by atoms with van der Waals surface area (Å²) in [6, 6.07) is 8.36. The van der Waals surface area contributed by atoms with E-state index in [4.69, 9.17) is 10.5 Å². The summed E-state index contributed by atoms with van der Waals surface area (Å²) in [4.78, 5) is 2.54. The maximum Gasteiger partial charge on any atom is 0.123 e. The summed E-state index contributed by atoms with van der Waals surface area (Å²) < 4.78 is 5.83. The summed E-state index contributed by atoms with van der Waals surface area (Å²) >= 11 is 0. The van der Waals surface area contributed by atoms with Crippen LogP contribution in [0.2, 0.25) is 0 Å². The van der Waals surface area contributed by atoms with E-state index in [0.717, 1.165) is 37.9 Å². The van der Waals surface area contributed by atoms with Crippen LogP contribution < -0.4 is 10.5 Å². The van der Waals surface area contributed by atoms with Crippen LogP contribution >= 0.6 is 0 Å². The molecule has 0 radical (unpaired) electrons. The molecule has 2 N–H and O–H groups in total. The predicted octanol–water partition coefficient (Wildman–Crippen LogP) is 2.01. The Morgan fingerprint density at radius 2 is 2.17 bits per heavy atom. The van der Waals surface area contributed by atoms with E-state index in [1.54, 1.807) is 0 Å². The van der Waals surface area contributed by atoms with Gasteiger partial charge < -0.3 is 10.5 Å². The molecule has 18 heavy (non-hydrogen) atoms. The lowest BCUT2D eigenvalue weighted by molar-refractivity contribution is -0.0206. The van der Waals surface area contributed by atoms with Crippen molar-refractivity contribution in [3.05, 3.63) is 29.8 Å². The third kappa shape index (κ3) is 1.91. The molecule has 0 unspecified atom stereocenters. The molecule has 98 valence electrons. The van der Waals surface area contributed by atoms with Crippen molar-refractivity contribution >= 4 is 0 Å². The lowest BCUT2D eigenvalue weighted by Gasteiger charge is -2.53. The van der Waals surface area contributed by atoms with Crippen molar-refractivity contribution in [3.63, 3.8) is 0 Å². The average Bonchev–Trinajstić information content (AvgIpc) is 2.56. The second-order valence-electron chi connectivity index (χ2n) is 5.82. The van der Waals surface area contributed by atoms with Crippen molar-refractivity contribution in [2.24, 2.45) is 11.7 Å². The van der Waals surface area contributed by atoms with Crippen LogP contribution in [-0.2, 0) is 6.54 Å². The minimum absolute atomic E-state index is 0.222. The molecule has 2 aliphatic rings. The van der Waals surface area contributed by atoms with Crippen molar-refractivity contribution in [2.75, 3.05) is 19.7 Å². The second-order valence-corrected chi connectivity index (χ2v) is 5.82. The Bertz CT molecular complexity index is 426. The summed E-state index contributed by atoms with van der Waals surface area (Å²) in [5, 5.41) is 0. The van der Waals surface area contributed by atoms with Crippen LogP contribution in [0.1, 0.15) is 25.3 Å².